The molecule has 0 aliphatic carbocycles. The molecule has 0 heterocycles. The van der Waals surface area contributed by atoms with Crippen LogP contribution < -0.4 is 5.73 Å². The maximum atomic E-state index is 11.9. The van der Waals surface area contributed by atoms with E-state index in [0.29, 0.717) is 18.9 Å². The van der Waals surface area contributed by atoms with Crippen molar-refractivity contribution in [2.45, 2.75) is 33.3 Å². The molecule has 12 heavy (non-hydrogen) atoms. The van der Waals surface area contributed by atoms with Gasteiger partial charge in [0, 0.05) is 12.3 Å². The van der Waals surface area contributed by atoms with E-state index >= 15 is 0 Å². The van der Waals surface area contributed by atoms with Crippen molar-refractivity contribution >= 4 is 7.37 Å². The highest BCUT2D eigenvalue weighted by Gasteiger charge is 2.20. The molecule has 0 saturated heterocycles. The fourth-order valence-corrected chi connectivity index (χ4v) is 3.01. The molecule has 0 spiro atoms. The van der Waals surface area contributed by atoms with Gasteiger partial charge in [0.15, 0.2) is 0 Å². The summed E-state index contributed by atoms with van der Waals surface area (Å²) in [6, 6.07) is 0. The maximum Gasteiger partial charge on any atom is 0.203 e. The molecule has 0 fully saturated rings. The highest BCUT2D eigenvalue weighted by Crippen LogP contribution is 2.47. The molecule has 3 nitrogen and oxygen atoms in total. The second kappa shape index (κ2) is 5.74. The first-order chi connectivity index (χ1) is 5.54. The Morgan fingerprint density at radius 2 is 2.08 bits per heavy atom. The van der Waals surface area contributed by atoms with Crippen LogP contribution in [-0.2, 0) is 9.09 Å². The zero-order chi connectivity index (χ0) is 9.61. The van der Waals surface area contributed by atoms with Crippen LogP contribution >= 0.6 is 7.37 Å². The second-order valence-corrected chi connectivity index (χ2v) is 6.07. The summed E-state index contributed by atoms with van der Waals surface area (Å²) in [4.78, 5) is 0. The zero-order valence-corrected chi connectivity index (χ0v) is 9.14. The van der Waals surface area contributed by atoms with Gasteiger partial charge in [0.1, 0.15) is 0 Å². The van der Waals surface area contributed by atoms with Gasteiger partial charge >= 0.3 is 0 Å². The molecule has 0 saturated carbocycles. The Balaban J connectivity index is 3.96. The first kappa shape index (κ1) is 12.2. The van der Waals surface area contributed by atoms with Crippen molar-refractivity contribution in [2.75, 3.05) is 18.9 Å². The highest BCUT2D eigenvalue weighted by atomic mass is 31.2. The average molecular weight is 193 g/mol. The summed E-state index contributed by atoms with van der Waals surface area (Å²) < 4.78 is 17.3. The molecule has 0 aromatic rings. The Morgan fingerprint density at radius 1 is 1.50 bits per heavy atom. The van der Waals surface area contributed by atoms with E-state index in [4.69, 9.17) is 10.3 Å². The van der Waals surface area contributed by atoms with Crippen LogP contribution in [0.25, 0.3) is 0 Å². The number of nitrogens with two attached hydrogens (primary N) is 1. The third-order valence-electron chi connectivity index (χ3n) is 1.59. The quantitative estimate of drug-likeness (QED) is 0.657. The summed E-state index contributed by atoms with van der Waals surface area (Å²) in [5.74, 6) is 0. The van der Waals surface area contributed by atoms with Gasteiger partial charge in [-0.05, 0) is 26.8 Å². The van der Waals surface area contributed by atoms with Gasteiger partial charge in [-0.15, -0.1) is 0 Å². The minimum absolute atomic E-state index is 0.0496. The summed E-state index contributed by atoms with van der Waals surface area (Å²) >= 11 is 0. The van der Waals surface area contributed by atoms with Crippen molar-refractivity contribution in [1.82, 2.24) is 0 Å². The predicted octanol–water partition coefficient (Wildman–Crippen LogP) is 2.06. The van der Waals surface area contributed by atoms with E-state index in [-0.39, 0.29) is 6.10 Å². The first-order valence-electron chi connectivity index (χ1n) is 4.50. The molecule has 2 N–H and O–H groups in total. The van der Waals surface area contributed by atoms with E-state index in [1.807, 2.05) is 20.8 Å². The summed E-state index contributed by atoms with van der Waals surface area (Å²) in [6.07, 6.45) is 2.08. The van der Waals surface area contributed by atoms with Gasteiger partial charge in [0.05, 0.1) is 6.10 Å². The lowest BCUT2D eigenvalue weighted by atomic mass is 10.5. The fourth-order valence-electron chi connectivity index (χ4n) is 1.00. The second-order valence-electron chi connectivity index (χ2n) is 3.15. The monoisotopic (exact) mass is 193 g/mol. The SMILES string of the molecule is CCP(=O)(CCCN)OC(C)C. The van der Waals surface area contributed by atoms with Crippen molar-refractivity contribution in [3.63, 3.8) is 0 Å². The molecule has 74 valence electrons. The van der Waals surface area contributed by atoms with Crippen LogP contribution in [0.5, 0.6) is 0 Å². The summed E-state index contributed by atoms with van der Waals surface area (Å²) in [6.45, 7) is 6.31. The zero-order valence-electron chi connectivity index (χ0n) is 8.25. The van der Waals surface area contributed by atoms with E-state index in [9.17, 15) is 4.57 Å². The lowest BCUT2D eigenvalue weighted by Crippen LogP contribution is -2.08. The van der Waals surface area contributed by atoms with Crippen molar-refractivity contribution in [3.8, 4) is 0 Å². The molecule has 0 amide bonds. The normalized spacial score (nSPS) is 16.4. The van der Waals surface area contributed by atoms with E-state index in [2.05, 4.69) is 0 Å². The lowest BCUT2D eigenvalue weighted by Gasteiger charge is -2.18. The van der Waals surface area contributed by atoms with E-state index in [1.165, 1.54) is 0 Å². The van der Waals surface area contributed by atoms with Crippen LogP contribution in [0.2, 0.25) is 0 Å². The van der Waals surface area contributed by atoms with Crippen LogP contribution in [0.4, 0.5) is 0 Å². The Labute approximate surface area is 75.1 Å². The molecule has 0 aromatic carbocycles. The topological polar surface area (TPSA) is 52.3 Å². The number of rotatable bonds is 6. The standard InChI is InChI=1S/C8H20NO2P/c1-4-12(10,7-5-6-9)11-8(2)3/h8H,4-7,9H2,1-3H3. The molecular weight excluding hydrogens is 173 g/mol. The van der Waals surface area contributed by atoms with Crippen LogP contribution in [0.15, 0.2) is 0 Å². The summed E-state index contributed by atoms with van der Waals surface area (Å²) in [7, 11) is -2.35. The minimum Gasteiger partial charge on any atom is -0.330 e. The first-order valence-corrected chi connectivity index (χ1v) is 6.50. The molecule has 1 unspecified atom stereocenters. The van der Waals surface area contributed by atoms with Crippen LogP contribution in [0.1, 0.15) is 27.2 Å². The minimum atomic E-state index is -2.35. The predicted molar refractivity (Wildman–Crippen MR) is 52.9 cm³/mol. The van der Waals surface area contributed by atoms with Gasteiger partial charge in [0.2, 0.25) is 7.37 Å². The lowest BCUT2D eigenvalue weighted by molar-refractivity contribution is 0.243. The van der Waals surface area contributed by atoms with Crippen molar-refractivity contribution in [2.24, 2.45) is 5.73 Å². The van der Waals surface area contributed by atoms with Gasteiger partial charge in [-0.1, -0.05) is 6.92 Å². The van der Waals surface area contributed by atoms with E-state index in [1.54, 1.807) is 0 Å². The van der Waals surface area contributed by atoms with E-state index in [0.717, 1.165) is 6.42 Å². The molecule has 0 radical (unpaired) electrons. The van der Waals surface area contributed by atoms with Crippen molar-refractivity contribution in [1.29, 1.82) is 0 Å². The van der Waals surface area contributed by atoms with E-state index < -0.39 is 7.37 Å². The van der Waals surface area contributed by atoms with Gasteiger partial charge in [-0.3, -0.25) is 4.57 Å². The Morgan fingerprint density at radius 3 is 2.42 bits per heavy atom. The van der Waals surface area contributed by atoms with Crippen LogP contribution in [0, 0.1) is 0 Å². The molecular formula is C8H20NO2P. The molecule has 0 aliphatic heterocycles. The molecule has 0 rings (SSSR count). The van der Waals surface area contributed by atoms with Gasteiger partial charge < -0.3 is 10.3 Å². The van der Waals surface area contributed by atoms with Gasteiger partial charge in [-0.25, -0.2) is 0 Å². The summed E-state index contributed by atoms with van der Waals surface area (Å²) in [5, 5.41) is 0. The molecule has 0 aromatic heterocycles. The third-order valence-corrected chi connectivity index (χ3v) is 4.35. The molecule has 4 heteroatoms. The van der Waals surface area contributed by atoms with Crippen molar-refractivity contribution < 1.29 is 9.09 Å². The number of hydrogen-bond acceptors (Lipinski definition) is 3. The van der Waals surface area contributed by atoms with Crippen molar-refractivity contribution in [3.05, 3.63) is 0 Å². The smallest absolute Gasteiger partial charge is 0.203 e. The molecule has 1 atom stereocenters. The highest BCUT2D eigenvalue weighted by molar-refractivity contribution is 7.58. The molecule has 0 bridgehead atoms. The number of hydrogen-bond donors (Lipinski definition) is 1. The Kier molecular flexibility index (Phi) is 5.81. The molecule has 0 aliphatic rings. The Hall–Kier alpha value is 0.150. The van der Waals surface area contributed by atoms with Gasteiger partial charge in [-0.2, -0.15) is 0 Å². The van der Waals surface area contributed by atoms with Crippen LogP contribution in [-0.4, -0.2) is 25.0 Å². The maximum absolute atomic E-state index is 11.9. The summed E-state index contributed by atoms with van der Waals surface area (Å²) in [5.41, 5.74) is 5.34. The average Bonchev–Trinajstić information content (AvgIpc) is 2.00. The Bertz CT molecular complexity index is 159. The van der Waals surface area contributed by atoms with Crippen LogP contribution in [0.3, 0.4) is 0 Å². The third kappa shape index (κ3) is 4.91. The van der Waals surface area contributed by atoms with Gasteiger partial charge in [0.25, 0.3) is 0 Å². The fraction of sp³-hybridized carbons (Fsp3) is 1.00. The largest absolute Gasteiger partial charge is 0.330 e.